The van der Waals surface area contributed by atoms with Gasteiger partial charge in [0, 0.05) is 15.7 Å². The van der Waals surface area contributed by atoms with Crippen LogP contribution < -0.4 is 0 Å². The number of rotatable bonds is 1. The molecule has 0 heterocycles. The molecule has 0 fully saturated rings. The second kappa shape index (κ2) is 3.13. The Kier molecular flexibility index (Phi) is 2.39. The van der Waals surface area contributed by atoms with Crippen LogP contribution in [0.4, 0.5) is 4.39 Å². The molecule has 1 N–H and O–H groups in total. The van der Waals surface area contributed by atoms with Crippen molar-refractivity contribution in [2.24, 2.45) is 0 Å². The molecule has 0 aliphatic rings. The van der Waals surface area contributed by atoms with Gasteiger partial charge in [-0.3, -0.25) is 0 Å². The third kappa shape index (κ3) is 1.87. The van der Waals surface area contributed by atoms with Gasteiger partial charge < -0.3 is 5.41 Å². The number of nitrogens with one attached hydrogen (secondary N) is 1. The second-order valence-electron chi connectivity index (χ2n) is 2.25. The predicted molar refractivity (Wildman–Crippen MR) is 46.6 cm³/mol. The van der Waals surface area contributed by atoms with E-state index in [9.17, 15) is 4.39 Å². The first-order chi connectivity index (χ1) is 5.11. The average molecular weight is 216 g/mol. The molecule has 0 spiro atoms. The van der Waals surface area contributed by atoms with Crippen LogP contribution in [0.2, 0.25) is 0 Å². The molecule has 0 saturated heterocycles. The maximum absolute atomic E-state index is 12.9. The predicted octanol–water partition coefficient (Wildman–Crippen LogP) is 2.98. The summed E-state index contributed by atoms with van der Waals surface area (Å²) in [7, 11) is 0. The van der Waals surface area contributed by atoms with Crippen molar-refractivity contribution in [1.29, 1.82) is 5.41 Å². The highest BCUT2D eigenvalue weighted by molar-refractivity contribution is 9.10. The molecule has 0 atom stereocenters. The number of halogens is 2. The van der Waals surface area contributed by atoms with E-state index in [1.165, 1.54) is 6.07 Å². The van der Waals surface area contributed by atoms with Gasteiger partial charge in [-0.15, -0.1) is 0 Å². The molecule has 0 aliphatic heterocycles. The Morgan fingerprint density at radius 3 is 2.64 bits per heavy atom. The van der Waals surface area contributed by atoms with Crippen LogP contribution in [0.15, 0.2) is 22.7 Å². The van der Waals surface area contributed by atoms with Crippen molar-refractivity contribution in [2.45, 2.75) is 6.92 Å². The summed E-state index contributed by atoms with van der Waals surface area (Å²) in [6.45, 7) is 1.56. The van der Waals surface area contributed by atoms with Crippen molar-refractivity contribution < 1.29 is 4.39 Å². The van der Waals surface area contributed by atoms with Gasteiger partial charge >= 0.3 is 0 Å². The number of benzene rings is 1. The number of hydrogen-bond donors (Lipinski definition) is 1. The molecule has 0 saturated carbocycles. The lowest BCUT2D eigenvalue weighted by Gasteiger charge is -1.99. The fourth-order valence-corrected chi connectivity index (χ4v) is 1.13. The summed E-state index contributed by atoms with van der Waals surface area (Å²) >= 11 is 3.13. The molecule has 0 bridgehead atoms. The second-order valence-corrected chi connectivity index (χ2v) is 3.16. The zero-order valence-electron chi connectivity index (χ0n) is 5.99. The molecular weight excluding hydrogens is 209 g/mol. The SMILES string of the molecule is CC(=N)c1ccc(Br)cc1F. The molecule has 0 unspecified atom stereocenters. The van der Waals surface area contributed by atoms with Crippen LogP contribution >= 0.6 is 15.9 Å². The Morgan fingerprint density at radius 1 is 1.55 bits per heavy atom. The standard InChI is InChI=1S/C8H7BrFN/c1-5(11)7-3-2-6(9)4-8(7)10/h2-4,11H,1H3. The smallest absolute Gasteiger partial charge is 0.133 e. The Balaban J connectivity index is 3.20. The minimum absolute atomic E-state index is 0.245. The van der Waals surface area contributed by atoms with E-state index in [-0.39, 0.29) is 11.5 Å². The van der Waals surface area contributed by atoms with Gasteiger partial charge in [-0.05, 0) is 25.1 Å². The summed E-state index contributed by atoms with van der Waals surface area (Å²) in [4.78, 5) is 0. The highest BCUT2D eigenvalue weighted by Gasteiger charge is 2.02. The fourth-order valence-electron chi connectivity index (χ4n) is 0.794. The van der Waals surface area contributed by atoms with Crippen LogP contribution in [-0.4, -0.2) is 5.71 Å². The van der Waals surface area contributed by atoms with Gasteiger partial charge in [0.05, 0.1) is 0 Å². The molecule has 1 rings (SSSR count). The summed E-state index contributed by atoms with van der Waals surface area (Å²) in [6.07, 6.45) is 0. The molecular formula is C8H7BrFN. The summed E-state index contributed by atoms with van der Waals surface area (Å²) in [5.41, 5.74) is 0.600. The Hall–Kier alpha value is -0.700. The lowest BCUT2D eigenvalue weighted by Crippen LogP contribution is -1.95. The van der Waals surface area contributed by atoms with E-state index >= 15 is 0 Å². The molecule has 11 heavy (non-hydrogen) atoms. The quantitative estimate of drug-likeness (QED) is 0.697. The summed E-state index contributed by atoms with van der Waals surface area (Å²) in [5, 5.41) is 7.19. The van der Waals surface area contributed by atoms with Gasteiger partial charge in [0.1, 0.15) is 5.82 Å². The molecule has 0 radical (unpaired) electrons. The first-order valence-electron chi connectivity index (χ1n) is 3.12. The van der Waals surface area contributed by atoms with E-state index in [2.05, 4.69) is 15.9 Å². The van der Waals surface area contributed by atoms with Gasteiger partial charge in [0.25, 0.3) is 0 Å². The zero-order chi connectivity index (χ0) is 8.43. The maximum atomic E-state index is 12.9. The molecule has 3 heteroatoms. The van der Waals surface area contributed by atoms with Gasteiger partial charge in [-0.2, -0.15) is 0 Å². The van der Waals surface area contributed by atoms with Crippen molar-refractivity contribution in [2.75, 3.05) is 0 Å². The Morgan fingerprint density at radius 2 is 2.18 bits per heavy atom. The molecule has 0 aliphatic carbocycles. The normalized spacial score (nSPS) is 9.73. The first kappa shape index (κ1) is 8.40. The monoisotopic (exact) mass is 215 g/mol. The molecule has 1 aromatic carbocycles. The molecule has 58 valence electrons. The molecule has 0 amide bonds. The van der Waals surface area contributed by atoms with Crippen LogP contribution in [-0.2, 0) is 0 Å². The van der Waals surface area contributed by atoms with Crippen molar-refractivity contribution in [1.82, 2.24) is 0 Å². The van der Waals surface area contributed by atoms with Gasteiger partial charge in [0.15, 0.2) is 0 Å². The lowest BCUT2D eigenvalue weighted by molar-refractivity contribution is 0.624. The number of hydrogen-bond acceptors (Lipinski definition) is 1. The van der Waals surface area contributed by atoms with Crippen LogP contribution in [0.3, 0.4) is 0 Å². The Bertz CT molecular complexity index is 296. The van der Waals surface area contributed by atoms with Crippen molar-refractivity contribution in [3.8, 4) is 0 Å². The highest BCUT2D eigenvalue weighted by atomic mass is 79.9. The minimum atomic E-state index is -0.355. The lowest BCUT2D eigenvalue weighted by atomic mass is 10.1. The highest BCUT2D eigenvalue weighted by Crippen LogP contribution is 2.15. The largest absolute Gasteiger partial charge is 0.305 e. The molecule has 1 aromatic rings. The third-order valence-corrected chi connectivity index (χ3v) is 1.83. The fraction of sp³-hybridized carbons (Fsp3) is 0.125. The van der Waals surface area contributed by atoms with Gasteiger partial charge in [-0.1, -0.05) is 15.9 Å². The summed E-state index contributed by atoms with van der Waals surface area (Å²) in [6, 6.07) is 4.66. The van der Waals surface area contributed by atoms with E-state index in [1.807, 2.05) is 0 Å². The zero-order valence-corrected chi connectivity index (χ0v) is 7.57. The third-order valence-electron chi connectivity index (χ3n) is 1.34. The minimum Gasteiger partial charge on any atom is -0.305 e. The van der Waals surface area contributed by atoms with Crippen molar-refractivity contribution >= 4 is 21.6 Å². The van der Waals surface area contributed by atoms with E-state index in [1.54, 1.807) is 19.1 Å². The van der Waals surface area contributed by atoms with E-state index in [0.717, 1.165) is 0 Å². The summed E-state index contributed by atoms with van der Waals surface area (Å²) < 4.78 is 13.6. The topological polar surface area (TPSA) is 23.9 Å². The summed E-state index contributed by atoms with van der Waals surface area (Å²) in [5.74, 6) is -0.355. The van der Waals surface area contributed by atoms with E-state index < -0.39 is 0 Å². The van der Waals surface area contributed by atoms with Gasteiger partial charge in [-0.25, -0.2) is 4.39 Å². The first-order valence-corrected chi connectivity index (χ1v) is 3.91. The van der Waals surface area contributed by atoms with E-state index in [4.69, 9.17) is 5.41 Å². The van der Waals surface area contributed by atoms with Crippen LogP contribution in [0.1, 0.15) is 12.5 Å². The van der Waals surface area contributed by atoms with E-state index in [0.29, 0.717) is 10.0 Å². The molecule has 0 aromatic heterocycles. The van der Waals surface area contributed by atoms with Crippen molar-refractivity contribution in [3.05, 3.63) is 34.1 Å². The Labute approximate surface area is 72.9 Å². The maximum Gasteiger partial charge on any atom is 0.133 e. The average Bonchev–Trinajstić information content (AvgIpc) is 1.85. The molecule has 1 nitrogen and oxygen atoms in total. The van der Waals surface area contributed by atoms with Crippen molar-refractivity contribution in [3.63, 3.8) is 0 Å². The van der Waals surface area contributed by atoms with Crippen LogP contribution in [0.5, 0.6) is 0 Å². The van der Waals surface area contributed by atoms with Crippen LogP contribution in [0.25, 0.3) is 0 Å². The van der Waals surface area contributed by atoms with Gasteiger partial charge in [0.2, 0.25) is 0 Å². The van der Waals surface area contributed by atoms with Crippen LogP contribution in [0, 0.1) is 11.2 Å².